The van der Waals surface area contributed by atoms with Crippen LogP contribution in [0.25, 0.3) is 0 Å². The molecule has 1 heterocycles. The van der Waals surface area contributed by atoms with Gasteiger partial charge in [0.2, 0.25) is 10.0 Å². The minimum atomic E-state index is -3.54. The number of nitrogens with zero attached hydrogens (tertiary/aromatic N) is 1. The monoisotopic (exact) mass is 297 g/mol. The molecule has 7 heteroatoms. The standard InChI is InChI=1S/C12H15N3O2S2/c1-9-8-18-12(15-9)7-14-19(16,17)11-6-4-3-5-10(11)13-2/h3-6,8,13-14H,7H2,1-2H3. The van der Waals surface area contributed by atoms with Gasteiger partial charge < -0.3 is 5.32 Å². The maximum atomic E-state index is 12.2. The third kappa shape index (κ3) is 3.31. The molecule has 102 valence electrons. The molecule has 2 N–H and O–H groups in total. The van der Waals surface area contributed by atoms with E-state index in [1.807, 2.05) is 12.3 Å². The van der Waals surface area contributed by atoms with Crippen LogP contribution in [0.3, 0.4) is 0 Å². The molecule has 2 rings (SSSR count). The maximum absolute atomic E-state index is 12.2. The average Bonchev–Trinajstić information content (AvgIpc) is 2.82. The maximum Gasteiger partial charge on any atom is 0.243 e. The molecule has 0 saturated heterocycles. The van der Waals surface area contributed by atoms with Crippen LogP contribution in [0, 0.1) is 6.92 Å². The van der Waals surface area contributed by atoms with Gasteiger partial charge in [-0.1, -0.05) is 12.1 Å². The molecule has 0 aliphatic carbocycles. The Balaban J connectivity index is 2.18. The SMILES string of the molecule is CNc1ccccc1S(=O)(=O)NCc1nc(C)cs1. The summed E-state index contributed by atoms with van der Waals surface area (Å²) in [7, 11) is -1.84. The summed E-state index contributed by atoms with van der Waals surface area (Å²) < 4.78 is 27.0. The lowest BCUT2D eigenvalue weighted by molar-refractivity contribution is 0.581. The third-order valence-corrected chi connectivity index (χ3v) is 4.95. The zero-order chi connectivity index (χ0) is 13.9. The fourth-order valence-electron chi connectivity index (χ4n) is 1.63. The summed E-state index contributed by atoms with van der Waals surface area (Å²) in [5.41, 5.74) is 1.47. The Morgan fingerprint density at radius 1 is 1.32 bits per heavy atom. The minimum absolute atomic E-state index is 0.207. The third-order valence-electron chi connectivity index (χ3n) is 2.53. The second-order valence-electron chi connectivity index (χ2n) is 3.95. The smallest absolute Gasteiger partial charge is 0.243 e. The number of thiazole rings is 1. The number of hydrogen-bond acceptors (Lipinski definition) is 5. The molecule has 0 bridgehead atoms. The van der Waals surface area contributed by atoms with Gasteiger partial charge in [0.15, 0.2) is 0 Å². The van der Waals surface area contributed by atoms with E-state index in [-0.39, 0.29) is 11.4 Å². The predicted molar refractivity (Wildman–Crippen MR) is 76.9 cm³/mol. The van der Waals surface area contributed by atoms with E-state index in [4.69, 9.17) is 0 Å². The normalized spacial score (nSPS) is 11.5. The zero-order valence-corrected chi connectivity index (χ0v) is 12.3. The van der Waals surface area contributed by atoms with E-state index in [0.717, 1.165) is 10.7 Å². The van der Waals surface area contributed by atoms with Crippen molar-refractivity contribution in [2.75, 3.05) is 12.4 Å². The van der Waals surface area contributed by atoms with E-state index in [9.17, 15) is 8.42 Å². The Kier molecular flexibility index (Phi) is 4.18. The molecule has 1 aromatic heterocycles. The molecule has 1 aromatic carbocycles. The van der Waals surface area contributed by atoms with Crippen LogP contribution in [0.2, 0.25) is 0 Å². The number of aryl methyl sites for hydroxylation is 1. The van der Waals surface area contributed by atoms with E-state index < -0.39 is 10.0 Å². The van der Waals surface area contributed by atoms with Crippen molar-refractivity contribution in [3.63, 3.8) is 0 Å². The number of benzene rings is 1. The van der Waals surface area contributed by atoms with Crippen molar-refractivity contribution < 1.29 is 8.42 Å². The van der Waals surface area contributed by atoms with Crippen molar-refractivity contribution in [2.24, 2.45) is 0 Å². The first-order chi connectivity index (χ1) is 9.03. The number of rotatable bonds is 5. The first kappa shape index (κ1) is 14.0. The first-order valence-electron chi connectivity index (χ1n) is 5.70. The van der Waals surface area contributed by atoms with Crippen LogP contribution in [0.5, 0.6) is 0 Å². The molecule has 5 nitrogen and oxygen atoms in total. The van der Waals surface area contributed by atoms with E-state index in [2.05, 4.69) is 15.0 Å². The molecule has 0 spiro atoms. The number of para-hydroxylation sites is 1. The molecule has 2 aromatic rings. The molecule has 0 amide bonds. The molecule has 0 atom stereocenters. The predicted octanol–water partition coefficient (Wildman–Crippen LogP) is 1.97. The van der Waals surface area contributed by atoms with Crippen molar-refractivity contribution in [1.29, 1.82) is 0 Å². The highest BCUT2D eigenvalue weighted by Crippen LogP contribution is 2.20. The van der Waals surface area contributed by atoms with Crippen LogP contribution in [0.15, 0.2) is 34.5 Å². The molecule has 0 saturated carbocycles. The number of anilines is 1. The zero-order valence-electron chi connectivity index (χ0n) is 10.7. The summed E-state index contributed by atoms with van der Waals surface area (Å²) in [5, 5.41) is 5.52. The fraction of sp³-hybridized carbons (Fsp3) is 0.250. The summed E-state index contributed by atoms with van der Waals surface area (Å²) in [6.07, 6.45) is 0. The van der Waals surface area contributed by atoms with Crippen molar-refractivity contribution in [2.45, 2.75) is 18.4 Å². The van der Waals surface area contributed by atoms with Crippen LogP contribution in [-0.4, -0.2) is 20.4 Å². The second kappa shape index (κ2) is 5.68. The molecule has 0 unspecified atom stereocenters. The summed E-state index contributed by atoms with van der Waals surface area (Å²) in [6, 6.07) is 6.78. The lowest BCUT2D eigenvalue weighted by Gasteiger charge is -2.10. The minimum Gasteiger partial charge on any atom is -0.387 e. The van der Waals surface area contributed by atoms with Crippen molar-refractivity contribution >= 4 is 27.0 Å². The lowest BCUT2D eigenvalue weighted by Crippen LogP contribution is -2.24. The first-order valence-corrected chi connectivity index (χ1v) is 8.06. The van der Waals surface area contributed by atoms with Crippen molar-refractivity contribution in [1.82, 2.24) is 9.71 Å². The van der Waals surface area contributed by atoms with E-state index in [1.165, 1.54) is 11.3 Å². The highest BCUT2D eigenvalue weighted by atomic mass is 32.2. The van der Waals surface area contributed by atoms with E-state index >= 15 is 0 Å². The van der Waals surface area contributed by atoms with Gasteiger partial charge in [0.1, 0.15) is 9.90 Å². The van der Waals surface area contributed by atoms with Gasteiger partial charge in [-0.15, -0.1) is 11.3 Å². The number of sulfonamides is 1. The van der Waals surface area contributed by atoms with Crippen LogP contribution >= 0.6 is 11.3 Å². The van der Waals surface area contributed by atoms with Crippen LogP contribution in [-0.2, 0) is 16.6 Å². The van der Waals surface area contributed by atoms with Crippen molar-refractivity contribution in [3.05, 3.63) is 40.3 Å². The Labute approximate surface area is 116 Å². The van der Waals surface area contributed by atoms with Crippen LogP contribution in [0.1, 0.15) is 10.7 Å². The quantitative estimate of drug-likeness (QED) is 0.885. The molecule has 0 aliphatic heterocycles. The summed E-state index contributed by atoms with van der Waals surface area (Å²) in [5.74, 6) is 0. The molecule has 0 radical (unpaired) electrons. The molecule has 0 aliphatic rings. The van der Waals surface area contributed by atoms with Crippen LogP contribution in [0.4, 0.5) is 5.69 Å². The van der Waals surface area contributed by atoms with E-state index in [0.29, 0.717) is 5.69 Å². The Morgan fingerprint density at radius 3 is 2.68 bits per heavy atom. The average molecular weight is 297 g/mol. The van der Waals surface area contributed by atoms with Gasteiger partial charge in [-0.3, -0.25) is 0 Å². The lowest BCUT2D eigenvalue weighted by atomic mass is 10.3. The van der Waals surface area contributed by atoms with Gasteiger partial charge in [0, 0.05) is 18.1 Å². The Hall–Kier alpha value is -1.44. The highest BCUT2D eigenvalue weighted by Gasteiger charge is 2.17. The van der Waals surface area contributed by atoms with Gasteiger partial charge >= 0.3 is 0 Å². The summed E-state index contributed by atoms with van der Waals surface area (Å²) in [4.78, 5) is 4.47. The van der Waals surface area contributed by atoms with Crippen LogP contribution < -0.4 is 10.0 Å². The van der Waals surface area contributed by atoms with Gasteiger partial charge in [0.25, 0.3) is 0 Å². The topological polar surface area (TPSA) is 71.1 Å². The van der Waals surface area contributed by atoms with E-state index in [1.54, 1.807) is 31.3 Å². The number of nitrogens with one attached hydrogen (secondary N) is 2. The summed E-state index contributed by atoms with van der Waals surface area (Å²) in [6.45, 7) is 2.09. The van der Waals surface area contributed by atoms with Gasteiger partial charge in [-0.2, -0.15) is 0 Å². The van der Waals surface area contributed by atoms with Gasteiger partial charge in [0.05, 0.1) is 12.2 Å². The highest BCUT2D eigenvalue weighted by molar-refractivity contribution is 7.89. The number of hydrogen-bond donors (Lipinski definition) is 2. The van der Waals surface area contributed by atoms with Crippen molar-refractivity contribution in [3.8, 4) is 0 Å². The Morgan fingerprint density at radius 2 is 2.05 bits per heavy atom. The molecular formula is C12H15N3O2S2. The number of aromatic nitrogens is 1. The second-order valence-corrected chi connectivity index (χ2v) is 6.63. The molecular weight excluding hydrogens is 282 g/mol. The Bertz CT molecular complexity index is 665. The van der Waals surface area contributed by atoms with Gasteiger partial charge in [-0.05, 0) is 19.1 Å². The summed E-state index contributed by atoms with van der Waals surface area (Å²) >= 11 is 1.44. The molecule has 0 fully saturated rings. The molecule has 19 heavy (non-hydrogen) atoms. The largest absolute Gasteiger partial charge is 0.387 e. The van der Waals surface area contributed by atoms with Gasteiger partial charge in [-0.25, -0.2) is 18.1 Å². The fourth-order valence-corrected chi connectivity index (χ4v) is 3.63.